The van der Waals surface area contributed by atoms with Crippen LogP contribution in [0.1, 0.15) is 16.1 Å². The Morgan fingerprint density at radius 2 is 2.08 bits per heavy atom. The lowest BCUT2D eigenvalue weighted by Gasteiger charge is -2.01. The lowest BCUT2D eigenvalue weighted by Crippen LogP contribution is -2.23. The lowest BCUT2D eigenvalue weighted by molar-refractivity contribution is 0.102. The minimum Gasteiger partial charge on any atom is -0.507 e. The molecule has 0 fully saturated rings. The van der Waals surface area contributed by atoms with Gasteiger partial charge in [0.05, 0.1) is 6.21 Å². The van der Waals surface area contributed by atoms with E-state index >= 15 is 0 Å². The maximum Gasteiger partial charge on any atom is 0.320 e. The van der Waals surface area contributed by atoms with Crippen molar-refractivity contribution in [3.63, 3.8) is 0 Å². The average Bonchev–Trinajstić information content (AvgIpc) is 2.95. The Kier molecular flexibility index (Phi) is 4.38. The third-order valence-corrected chi connectivity index (χ3v) is 3.20. The number of halogens is 1. The van der Waals surface area contributed by atoms with Crippen molar-refractivity contribution in [1.29, 1.82) is 0 Å². The van der Waals surface area contributed by atoms with Crippen LogP contribution in [0.25, 0.3) is 0 Å². The number of rotatable bonds is 4. The highest BCUT2D eigenvalue weighted by atomic mass is 19.1. The molecule has 0 saturated carbocycles. The Morgan fingerprint density at radius 1 is 1.28 bits per heavy atom. The number of hydrogen-bond donors (Lipinski definition) is 3. The molecule has 8 nitrogen and oxygen atoms in total. The van der Waals surface area contributed by atoms with Gasteiger partial charge in [0.15, 0.2) is 0 Å². The van der Waals surface area contributed by atoms with Crippen molar-refractivity contribution in [3.05, 3.63) is 76.0 Å². The van der Waals surface area contributed by atoms with Crippen molar-refractivity contribution in [2.45, 2.75) is 0 Å². The molecule has 0 aliphatic carbocycles. The van der Waals surface area contributed by atoms with E-state index in [1.54, 1.807) is 18.2 Å². The molecule has 0 spiro atoms. The summed E-state index contributed by atoms with van der Waals surface area (Å²) in [4.78, 5) is 24.9. The van der Waals surface area contributed by atoms with Crippen LogP contribution in [0.3, 0.4) is 0 Å². The number of H-pyrrole nitrogens is 1. The number of amides is 1. The molecule has 3 aromatic rings. The van der Waals surface area contributed by atoms with Gasteiger partial charge in [0, 0.05) is 11.3 Å². The summed E-state index contributed by atoms with van der Waals surface area (Å²) in [5.41, 5.74) is -0.648. The van der Waals surface area contributed by atoms with Crippen LogP contribution in [0, 0.1) is 5.82 Å². The van der Waals surface area contributed by atoms with Crippen LogP contribution in [0.5, 0.6) is 5.75 Å². The highest BCUT2D eigenvalue weighted by Gasteiger charge is 2.17. The molecule has 2 aromatic carbocycles. The van der Waals surface area contributed by atoms with Crippen molar-refractivity contribution in [1.82, 2.24) is 15.1 Å². The number of phenols is 1. The SMILES string of the molecule is O=C(Nc1cccc(F)c1)c1n[nH]n(N=Cc2ccccc2O)c1=O. The molecule has 3 rings (SSSR count). The molecule has 0 radical (unpaired) electrons. The van der Waals surface area contributed by atoms with E-state index in [4.69, 9.17) is 0 Å². The molecule has 25 heavy (non-hydrogen) atoms. The zero-order chi connectivity index (χ0) is 17.8. The quantitative estimate of drug-likeness (QED) is 0.625. The van der Waals surface area contributed by atoms with Gasteiger partial charge in [-0.2, -0.15) is 10.3 Å². The second-order valence-corrected chi connectivity index (χ2v) is 4.95. The number of nitrogens with one attached hydrogen (secondary N) is 2. The summed E-state index contributed by atoms with van der Waals surface area (Å²) < 4.78 is 13.1. The molecule has 0 atom stereocenters. The number of anilines is 1. The lowest BCUT2D eigenvalue weighted by atomic mass is 10.2. The molecule has 0 unspecified atom stereocenters. The van der Waals surface area contributed by atoms with Crippen molar-refractivity contribution in [2.24, 2.45) is 5.10 Å². The van der Waals surface area contributed by atoms with E-state index < -0.39 is 23.0 Å². The number of hydrogen-bond acceptors (Lipinski definition) is 5. The third-order valence-electron chi connectivity index (χ3n) is 3.20. The third kappa shape index (κ3) is 3.61. The van der Waals surface area contributed by atoms with Crippen LogP contribution in [-0.2, 0) is 0 Å². The van der Waals surface area contributed by atoms with E-state index in [1.807, 2.05) is 0 Å². The van der Waals surface area contributed by atoms with Gasteiger partial charge in [-0.25, -0.2) is 4.39 Å². The highest BCUT2D eigenvalue weighted by molar-refractivity contribution is 6.02. The summed E-state index contributed by atoms with van der Waals surface area (Å²) in [6, 6.07) is 11.6. The second-order valence-electron chi connectivity index (χ2n) is 4.95. The van der Waals surface area contributed by atoms with E-state index in [0.29, 0.717) is 5.56 Å². The van der Waals surface area contributed by atoms with Crippen molar-refractivity contribution in [2.75, 3.05) is 5.32 Å². The van der Waals surface area contributed by atoms with Crippen LogP contribution in [0.2, 0.25) is 0 Å². The van der Waals surface area contributed by atoms with Crippen LogP contribution in [0.15, 0.2) is 58.4 Å². The number of phenolic OH excluding ortho intramolecular Hbond substituents is 1. The molecule has 0 aliphatic heterocycles. The molecular weight excluding hydrogens is 329 g/mol. The molecule has 0 saturated heterocycles. The fourth-order valence-corrected chi connectivity index (χ4v) is 1.99. The average molecular weight is 341 g/mol. The fraction of sp³-hybridized carbons (Fsp3) is 0. The number of aromatic nitrogens is 3. The Labute approximate surface area is 140 Å². The molecule has 1 amide bonds. The van der Waals surface area contributed by atoms with Crippen LogP contribution in [0.4, 0.5) is 10.1 Å². The Hall–Kier alpha value is -3.75. The molecule has 1 heterocycles. The van der Waals surface area contributed by atoms with Gasteiger partial charge in [-0.05, 0) is 30.3 Å². The first-order valence-corrected chi connectivity index (χ1v) is 7.11. The summed E-state index contributed by atoms with van der Waals surface area (Å²) in [7, 11) is 0. The number of para-hydroxylation sites is 1. The van der Waals surface area contributed by atoms with Gasteiger partial charge >= 0.3 is 5.56 Å². The molecule has 0 bridgehead atoms. The summed E-state index contributed by atoms with van der Waals surface area (Å²) in [6.45, 7) is 0. The predicted octanol–water partition coefficient (Wildman–Crippen LogP) is 1.55. The smallest absolute Gasteiger partial charge is 0.320 e. The number of nitrogens with zero attached hydrogens (tertiary/aromatic N) is 3. The summed E-state index contributed by atoms with van der Waals surface area (Å²) in [6.07, 6.45) is 1.24. The molecular formula is C16H12FN5O3. The number of carbonyl (C=O) groups excluding carboxylic acids is 1. The summed E-state index contributed by atoms with van der Waals surface area (Å²) in [5.74, 6) is -1.34. The van der Waals surface area contributed by atoms with Gasteiger partial charge in [0.25, 0.3) is 5.91 Å². The molecule has 126 valence electrons. The maximum absolute atomic E-state index is 13.1. The van der Waals surface area contributed by atoms with E-state index in [2.05, 4.69) is 20.7 Å². The van der Waals surface area contributed by atoms with Gasteiger partial charge in [0.1, 0.15) is 11.6 Å². The van der Waals surface area contributed by atoms with E-state index in [1.165, 1.54) is 30.5 Å². The first-order chi connectivity index (χ1) is 12.0. The predicted molar refractivity (Wildman–Crippen MR) is 88.3 cm³/mol. The Bertz CT molecular complexity index is 1010. The molecule has 9 heteroatoms. The Morgan fingerprint density at radius 3 is 2.84 bits per heavy atom. The van der Waals surface area contributed by atoms with Crippen LogP contribution in [-0.4, -0.2) is 32.3 Å². The molecule has 3 N–H and O–H groups in total. The first-order valence-electron chi connectivity index (χ1n) is 7.11. The maximum atomic E-state index is 13.1. The fourth-order valence-electron chi connectivity index (χ4n) is 1.99. The summed E-state index contributed by atoms with van der Waals surface area (Å²) >= 11 is 0. The zero-order valence-electron chi connectivity index (χ0n) is 12.7. The van der Waals surface area contributed by atoms with Gasteiger partial charge in [-0.1, -0.05) is 18.2 Å². The zero-order valence-corrected chi connectivity index (χ0v) is 12.7. The molecule has 0 aliphatic rings. The van der Waals surface area contributed by atoms with E-state index in [-0.39, 0.29) is 11.4 Å². The van der Waals surface area contributed by atoms with Gasteiger partial charge in [0.2, 0.25) is 5.69 Å². The van der Waals surface area contributed by atoms with Crippen molar-refractivity contribution in [3.8, 4) is 5.75 Å². The minimum atomic E-state index is -0.802. The normalized spacial score (nSPS) is 10.9. The standard InChI is InChI=1S/C16H12FN5O3/c17-11-5-3-6-12(8-11)19-15(24)14-16(25)22(21-20-14)18-9-10-4-1-2-7-13(10)23/h1-9,21,23H,(H,19,24). The van der Waals surface area contributed by atoms with Crippen LogP contribution < -0.4 is 10.9 Å². The Balaban J connectivity index is 1.80. The number of benzene rings is 2. The largest absolute Gasteiger partial charge is 0.507 e. The van der Waals surface area contributed by atoms with Gasteiger partial charge < -0.3 is 10.4 Å². The minimum absolute atomic E-state index is 0.0112. The van der Waals surface area contributed by atoms with Gasteiger partial charge in [-0.3, -0.25) is 9.59 Å². The van der Waals surface area contributed by atoms with E-state index in [9.17, 15) is 19.1 Å². The monoisotopic (exact) mass is 341 g/mol. The summed E-state index contributed by atoms with van der Waals surface area (Å²) in [5, 5.41) is 21.7. The number of carbonyl (C=O) groups is 1. The molecule has 1 aromatic heterocycles. The highest BCUT2D eigenvalue weighted by Crippen LogP contribution is 2.12. The van der Waals surface area contributed by atoms with Gasteiger partial charge in [-0.15, -0.1) is 9.89 Å². The van der Waals surface area contributed by atoms with E-state index in [0.717, 1.165) is 10.9 Å². The second kappa shape index (κ2) is 6.79. The van der Waals surface area contributed by atoms with Crippen molar-refractivity contribution < 1.29 is 14.3 Å². The van der Waals surface area contributed by atoms with Crippen LogP contribution >= 0.6 is 0 Å². The number of aromatic amines is 1. The first kappa shape index (κ1) is 16.1. The topological polar surface area (TPSA) is 112 Å². The van der Waals surface area contributed by atoms with Crippen molar-refractivity contribution >= 4 is 17.8 Å². The number of aromatic hydroxyl groups is 1.